The second-order valence-electron chi connectivity index (χ2n) is 8.22. The average Bonchev–Trinajstić information content (AvgIpc) is 3.24. The third-order valence-corrected chi connectivity index (χ3v) is 6.33. The summed E-state index contributed by atoms with van der Waals surface area (Å²) >= 11 is 3.58. The molecule has 0 fully saturated rings. The highest BCUT2D eigenvalue weighted by molar-refractivity contribution is 9.10. The van der Waals surface area contributed by atoms with Crippen LogP contribution in [-0.4, -0.2) is 29.2 Å². The standard InChI is InChI=1S/C27H27BrN2O4/c1-17-7-9-18(10-8-17)16-34-26-22(28)11-19(12-25(26)33-2)14-29-24(27(31)32)13-20-15-30-23-6-4-3-5-21(20)23/h3-12,15,24,29-30H,13-14,16H2,1-2H3,(H,31,32)/t24-/m0/s1. The minimum absolute atomic E-state index is 0.368. The Morgan fingerprint density at radius 1 is 1.12 bits per heavy atom. The Bertz CT molecular complexity index is 1280. The number of para-hydroxylation sites is 1. The minimum atomic E-state index is -0.894. The van der Waals surface area contributed by atoms with E-state index in [1.807, 2.05) is 61.7 Å². The highest BCUT2D eigenvalue weighted by Gasteiger charge is 2.20. The van der Waals surface area contributed by atoms with Gasteiger partial charge in [0.05, 0.1) is 11.6 Å². The number of hydrogen-bond acceptors (Lipinski definition) is 4. The first kappa shape index (κ1) is 23.9. The predicted octanol–water partition coefficient (Wildman–Crippen LogP) is 5.61. The number of fused-ring (bicyclic) bond motifs is 1. The van der Waals surface area contributed by atoms with Crippen LogP contribution in [0.4, 0.5) is 0 Å². The molecule has 34 heavy (non-hydrogen) atoms. The Hall–Kier alpha value is -3.29. The molecule has 176 valence electrons. The number of carboxylic acids is 1. The van der Waals surface area contributed by atoms with Crippen molar-refractivity contribution in [1.29, 1.82) is 0 Å². The van der Waals surface area contributed by atoms with E-state index in [2.05, 4.69) is 38.4 Å². The maximum absolute atomic E-state index is 11.9. The SMILES string of the molecule is COc1cc(CN[C@@H](Cc2c[nH]c3ccccc23)C(=O)O)cc(Br)c1OCc1ccc(C)cc1. The minimum Gasteiger partial charge on any atom is -0.493 e. The lowest BCUT2D eigenvalue weighted by Crippen LogP contribution is -2.38. The molecule has 0 aliphatic rings. The number of nitrogens with one attached hydrogen (secondary N) is 2. The highest BCUT2D eigenvalue weighted by Crippen LogP contribution is 2.37. The number of aryl methyl sites for hydroxylation is 1. The number of H-pyrrole nitrogens is 1. The summed E-state index contributed by atoms with van der Waals surface area (Å²) in [7, 11) is 1.59. The number of halogens is 1. The smallest absolute Gasteiger partial charge is 0.321 e. The quantitative estimate of drug-likeness (QED) is 0.252. The molecule has 6 nitrogen and oxygen atoms in total. The van der Waals surface area contributed by atoms with Crippen molar-refractivity contribution in [2.75, 3.05) is 7.11 Å². The van der Waals surface area contributed by atoms with Gasteiger partial charge in [0.1, 0.15) is 12.6 Å². The second kappa shape index (κ2) is 10.8. The molecule has 0 saturated heterocycles. The molecule has 0 saturated carbocycles. The summed E-state index contributed by atoms with van der Waals surface area (Å²) in [5, 5.41) is 14.0. The number of hydrogen-bond donors (Lipinski definition) is 3. The van der Waals surface area contributed by atoms with Crippen molar-refractivity contribution in [2.45, 2.75) is 32.5 Å². The van der Waals surface area contributed by atoms with Crippen LogP contribution in [0, 0.1) is 6.92 Å². The van der Waals surface area contributed by atoms with Gasteiger partial charge in [-0.1, -0.05) is 48.0 Å². The zero-order chi connectivity index (χ0) is 24.1. The summed E-state index contributed by atoms with van der Waals surface area (Å²) in [5.41, 5.74) is 5.11. The molecule has 7 heteroatoms. The molecular formula is C27H27BrN2O4. The van der Waals surface area contributed by atoms with E-state index in [0.717, 1.165) is 32.1 Å². The Kier molecular flexibility index (Phi) is 7.55. The molecule has 4 aromatic rings. The third kappa shape index (κ3) is 5.61. The highest BCUT2D eigenvalue weighted by atomic mass is 79.9. The van der Waals surface area contributed by atoms with Gasteiger partial charge in [-0.15, -0.1) is 0 Å². The average molecular weight is 523 g/mol. The number of methoxy groups -OCH3 is 1. The van der Waals surface area contributed by atoms with Gasteiger partial charge in [-0.05, 0) is 57.7 Å². The van der Waals surface area contributed by atoms with Crippen LogP contribution in [0.25, 0.3) is 10.9 Å². The number of ether oxygens (including phenoxy) is 2. The second-order valence-corrected chi connectivity index (χ2v) is 9.07. The molecule has 4 rings (SSSR count). The Morgan fingerprint density at radius 3 is 2.62 bits per heavy atom. The van der Waals surface area contributed by atoms with Crippen molar-refractivity contribution in [3.05, 3.63) is 93.6 Å². The fourth-order valence-electron chi connectivity index (χ4n) is 3.86. The van der Waals surface area contributed by atoms with E-state index in [4.69, 9.17) is 9.47 Å². The molecule has 3 N–H and O–H groups in total. The van der Waals surface area contributed by atoms with Crippen molar-refractivity contribution >= 4 is 32.8 Å². The lowest BCUT2D eigenvalue weighted by Gasteiger charge is -2.17. The van der Waals surface area contributed by atoms with Crippen molar-refractivity contribution in [3.63, 3.8) is 0 Å². The fourth-order valence-corrected chi connectivity index (χ4v) is 4.47. The van der Waals surface area contributed by atoms with Crippen LogP contribution in [-0.2, 0) is 24.4 Å². The van der Waals surface area contributed by atoms with Gasteiger partial charge >= 0.3 is 5.97 Å². The molecule has 1 heterocycles. The van der Waals surface area contributed by atoms with E-state index in [-0.39, 0.29) is 0 Å². The van der Waals surface area contributed by atoms with Crippen molar-refractivity contribution in [3.8, 4) is 11.5 Å². The van der Waals surface area contributed by atoms with Crippen LogP contribution in [0.2, 0.25) is 0 Å². The Labute approximate surface area is 207 Å². The molecule has 0 spiro atoms. The van der Waals surface area contributed by atoms with Gasteiger partial charge in [-0.3, -0.25) is 4.79 Å². The third-order valence-electron chi connectivity index (χ3n) is 5.74. The number of carboxylic acid groups (broad SMARTS) is 1. The number of aliphatic carboxylic acids is 1. The van der Waals surface area contributed by atoms with Gasteiger partial charge in [0.25, 0.3) is 0 Å². The summed E-state index contributed by atoms with van der Waals surface area (Å²) in [6, 6.07) is 19.1. The summed E-state index contributed by atoms with van der Waals surface area (Å²) in [6.45, 7) is 2.83. The fraction of sp³-hybridized carbons (Fsp3) is 0.222. The van der Waals surface area contributed by atoms with Crippen LogP contribution in [0.5, 0.6) is 11.5 Å². The monoisotopic (exact) mass is 522 g/mol. The van der Waals surface area contributed by atoms with E-state index in [9.17, 15) is 9.90 Å². The Balaban J connectivity index is 1.45. The van der Waals surface area contributed by atoms with Gasteiger partial charge in [-0.2, -0.15) is 0 Å². The van der Waals surface area contributed by atoms with Crippen LogP contribution in [0.3, 0.4) is 0 Å². The molecule has 0 amide bonds. The molecule has 1 atom stereocenters. The zero-order valence-electron chi connectivity index (χ0n) is 19.1. The lowest BCUT2D eigenvalue weighted by atomic mass is 10.0. The lowest BCUT2D eigenvalue weighted by molar-refractivity contribution is -0.139. The first-order chi connectivity index (χ1) is 16.4. The molecule has 0 bridgehead atoms. The number of carbonyl (C=O) groups is 1. The van der Waals surface area contributed by atoms with E-state index in [1.165, 1.54) is 5.56 Å². The summed E-state index contributed by atoms with van der Waals surface area (Å²) in [5.74, 6) is 0.302. The van der Waals surface area contributed by atoms with Crippen molar-refractivity contribution < 1.29 is 19.4 Å². The molecule has 3 aromatic carbocycles. The zero-order valence-corrected chi connectivity index (χ0v) is 20.7. The number of rotatable bonds is 10. The molecular weight excluding hydrogens is 496 g/mol. The molecule has 0 unspecified atom stereocenters. The van der Waals surface area contributed by atoms with Crippen molar-refractivity contribution in [1.82, 2.24) is 10.3 Å². The van der Waals surface area contributed by atoms with E-state index in [1.54, 1.807) is 7.11 Å². The van der Waals surface area contributed by atoms with Gasteiger partial charge in [0.15, 0.2) is 11.5 Å². The predicted molar refractivity (Wildman–Crippen MR) is 136 cm³/mol. The van der Waals surface area contributed by atoms with Crippen LogP contribution in [0.15, 0.2) is 71.3 Å². The normalized spacial score (nSPS) is 12.0. The largest absolute Gasteiger partial charge is 0.493 e. The van der Waals surface area contributed by atoms with E-state index in [0.29, 0.717) is 31.1 Å². The Morgan fingerprint density at radius 2 is 1.88 bits per heavy atom. The van der Waals surface area contributed by atoms with Crippen LogP contribution < -0.4 is 14.8 Å². The van der Waals surface area contributed by atoms with Gasteiger partial charge in [0, 0.05) is 30.1 Å². The van der Waals surface area contributed by atoms with E-state index < -0.39 is 12.0 Å². The molecule has 0 radical (unpaired) electrons. The number of aromatic nitrogens is 1. The molecule has 0 aliphatic heterocycles. The van der Waals surface area contributed by atoms with Crippen molar-refractivity contribution in [2.24, 2.45) is 0 Å². The molecule has 0 aliphatic carbocycles. The first-order valence-corrected chi connectivity index (χ1v) is 11.8. The summed E-state index contributed by atoms with van der Waals surface area (Å²) in [4.78, 5) is 15.1. The topological polar surface area (TPSA) is 83.6 Å². The first-order valence-electron chi connectivity index (χ1n) is 11.0. The van der Waals surface area contributed by atoms with Gasteiger partial charge < -0.3 is 24.9 Å². The summed E-state index contributed by atoms with van der Waals surface area (Å²) in [6.07, 6.45) is 2.25. The van der Waals surface area contributed by atoms with Gasteiger partial charge in [-0.25, -0.2) is 0 Å². The van der Waals surface area contributed by atoms with E-state index >= 15 is 0 Å². The summed E-state index contributed by atoms with van der Waals surface area (Å²) < 4.78 is 12.3. The number of benzene rings is 3. The maximum atomic E-state index is 11.9. The van der Waals surface area contributed by atoms with Crippen LogP contribution in [0.1, 0.15) is 22.3 Å². The van der Waals surface area contributed by atoms with Gasteiger partial charge in [0.2, 0.25) is 0 Å². The van der Waals surface area contributed by atoms with Crippen LogP contribution >= 0.6 is 15.9 Å². The number of aromatic amines is 1. The molecule has 1 aromatic heterocycles. The maximum Gasteiger partial charge on any atom is 0.321 e.